The van der Waals surface area contributed by atoms with Crippen LogP contribution in [0.1, 0.15) is 61.4 Å². The third kappa shape index (κ3) is 3.15. The zero-order valence-electron chi connectivity index (χ0n) is 11.6. The van der Waals surface area contributed by atoms with E-state index in [0.717, 1.165) is 36.6 Å². The summed E-state index contributed by atoms with van der Waals surface area (Å²) < 4.78 is 4.96. The molecule has 19 heavy (non-hydrogen) atoms. The number of hydrogen-bond donors (Lipinski definition) is 1. The Morgan fingerprint density at radius 1 is 1.53 bits per heavy atom. The van der Waals surface area contributed by atoms with Crippen molar-refractivity contribution in [3.05, 3.63) is 16.1 Å². The van der Waals surface area contributed by atoms with Crippen LogP contribution < -0.4 is 5.73 Å². The van der Waals surface area contributed by atoms with Crippen molar-refractivity contribution >= 4 is 17.3 Å². The van der Waals surface area contributed by atoms with E-state index in [-0.39, 0.29) is 11.5 Å². The molecule has 1 aliphatic carbocycles. The van der Waals surface area contributed by atoms with Gasteiger partial charge in [0.25, 0.3) is 0 Å². The summed E-state index contributed by atoms with van der Waals surface area (Å²) in [5, 5.41) is 2.64. The summed E-state index contributed by atoms with van der Waals surface area (Å²) >= 11 is 1.48. The topological polar surface area (TPSA) is 65.2 Å². The van der Waals surface area contributed by atoms with E-state index in [1.807, 2.05) is 0 Å². The van der Waals surface area contributed by atoms with Crippen molar-refractivity contribution in [2.45, 2.75) is 51.5 Å². The van der Waals surface area contributed by atoms with Crippen molar-refractivity contribution < 1.29 is 9.53 Å². The lowest BCUT2D eigenvalue weighted by Crippen LogP contribution is -2.40. The summed E-state index contributed by atoms with van der Waals surface area (Å²) in [5.74, 6) is 0.442. The van der Waals surface area contributed by atoms with Crippen LogP contribution >= 0.6 is 11.3 Å². The molecule has 1 fully saturated rings. The van der Waals surface area contributed by atoms with E-state index in [1.165, 1.54) is 17.8 Å². The summed E-state index contributed by atoms with van der Waals surface area (Å²) in [6.45, 7) is 4.40. The van der Waals surface area contributed by atoms with Crippen LogP contribution in [-0.4, -0.2) is 17.6 Å². The fraction of sp³-hybridized carbons (Fsp3) is 0.714. The number of hydrogen-bond acceptors (Lipinski definition) is 5. The van der Waals surface area contributed by atoms with Crippen molar-refractivity contribution in [3.63, 3.8) is 0 Å². The van der Waals surface area contributed by atoms with E-state index in [0.29, 0.717) is 12.3 Å². The van der Waals surface area contributed by atoms with Crippen molar-refractivity contribution in [1.82, 2.24) is 4.98 Å². The van der Waals surface area contributed by atoms with Gasteiger partial charge >= 0.3 is 5.97 Å². The lowest BCUT2D eigenvalue weighted by atomic mass is 9.76. The molecule has 1 aromatic heterocycles. The van der Waals surface area contributed by atoms with Gasteiger partial charge in [0.2, 0.25) is 0 Å². The highest BCUT2D eigenvalue weighted by Crippen LogP contribution is 2.39. The van der Waals surface area contributed by atoms with Gasteiger partial charge in [0.15, 0.2) is 5.69 Å². The zero-order valence-corrected chi connectivity index (χ0v) is 12.5. The number of rotatable bonds is 4. The molecule has 0 unspecified atom stereocenters. The molecule has 106 valence electrons. The number of thiazole rings is 1. The molecule has 0 radical (unpaired) electrons. The molecule has 5 heteroatoms. The van der Waals surface area contributed by atoms with Crippen molar-refractivity contribution in [2.24, 2.45) is 11.7 Å². The van der Waals surface area contributed by atoms with Gasteiger partial charge in [-0.2, -0.15) is 0 Å². The lowest BCUT2D eigenvalue weighted by molar-refractivity contribution is 0.0520. The van der Waals surface area contributed by atoms with Gasteiger partial charge in [0.1, 0.15) is 5.01 Å². The standard InChI is InChI=1S/C14H22N2O2S/c1-3-10-5-7-14(15,8-6-10)13-16-11(9-19-13)12(17)18-4-2/h9-10H,3-8,15H2,1-2H3. The Morgan fingerprint density at radius 2 is 2.21 bits per heavy atom. The minimum atomic E-state index is -0.351. The van der Waals surface area contributed by atoms with Gasteiger partial charge in [-0.05, 0) is 38.5 Å². The van der Waals surface area contributed by atoms with E-state index >= 15 is 0 Å². The molecular weight excluding hydrogens is 260 g/mol. The number of nitrogens with zero attached hydrogens (tertiary/aromatic N) is 1. The largest absolute Gasteiger partial charge is 0.461 e. The highest BCUT2D eigenvalue weighted by Gasteiger charge is 2.35. The number of carbonyl (C=O) groups excluding carboxylic acids is 1. The Morgan fingerprint density at radius 3 is 2.79 bits per heavy atom. The SMILES string of the molecule is CCOC(=O)c1csc(C2(N)CCC(CC)CC2)n1. The predicted molar refractivity (Wildman–Crippen MR) is 76.2 cm³/mol. The molecule has 0 aliphatic heterocycles. The van der Waals surface area contributed by atoms with Crippen LogP contribution in [0, 0.1) is 5.92 Å². The van der Waals surface area contributed by atoms with Gasteiger partial charge < -0.3 is 10.5 Å². The lowest BCUT2D eigenvalue weighted by Gasteiger charge is -2.35. The Balaban J connectivity index is 2.08. The summed E-state index contributed by atoms with van der Waals surface area (Å²) in [6.07, 6.45) is 5.45. The van der Waals surface area contributed by atoms with Gasteiger partial charge in [-0.1, -0.05) is 13.3 Å². The van der Waals surface area contributed by atoms with Crippen molar-refractivity contribution in [2.75, 3.05) is 6.61 Å². The van der Waals surface area contributed by atoms with Crippen LogP contribution in [0.3, 0.4) is 0 Å². The molecule has 1 aliphatic rings. The Bertz CT molecular complexity index is 436. The van der Waals surface area contributed by atoms with Crippen molar-refractivity contribution in [1.29, 1.82) is 0 Å². The molecule has 1 heterocycles. The minimum Gasteiger partial charge on any atom is -0.461 e. The number of esters is 1. The number of carbonyl (C=O) groups is 1. The normalized spacial score (nSPS) is 27.2. The molecule has 1 aromatic rings. The van der Waals surface area contributed by atoms with Gasteiger partial charge in [-0.25, -0.2) is 9.78 Å². The molecule has 2 rings (SSSR count). The van der Waals surface area contributed by atoms with Crippen LogP contribution in [0.5, 0.6) is 0 Å². The Hall–Kier alpha value is -0.940. The smallest absolute Gasteiger partial charge is 0.357 e. The maximum Gasteiger partial charge on any atom is 0.357 e. The monoisotopic (exact) mass is 282 g/mol. The van der Waals surface area contributed by atoms with Crippen LogP contribution in [0.25, 0.3) is 0 Å². The first-order chi connectivity index (χ1) is 9.09. The number of nitrogens with two attached hydrogens (primary N) is 1. The molecule has 4 nitrogen and oxygen atoms in total. The maximum absolute atomic E-state index is 11.6. The summed E-state index contributed by atoms with van der Waals surface area (Å²) in [6, 6.07) is 0. The van der Waals surface area contributed by atoms with Crippen LogP contribution in [-0.2, 0) is 10.3 Å². The van der Waals surface area contributed by atoms with Crippen LogP contribution in [0.15, 0.2) is 5.38 Å². The number of ether oxygens (including phenoxy) is 1. The molecule has 2 N–H and O–H groups in total. The molecule has 0 aromatic carbocycles. The van der Waals surface area contributed by atoms with Gasteiger partial charge in [0.05, 0.1) is 12.1 Å². The van der Waals surface area contributed by atoms with E-state index in [4.69, 9.17) is 10.5 Å². The minimum absolute atomic E-state index is 0.346. The second kappa shape index (κ2) is 6.01. The molecule has 0 bridgehead atoms. The van der Waals surface area contributed by atoms with Gasteiger partial charge in [-0.3, -0.25) is 0 Å². The maximum atomic E-state index is 11.6. The molecule has 0 spiro atoms. The molecular formula is C14H22N2O2S. The quantitative estimate of drug-likeness (QED) is 0.862. The van der Waals surface area contributed by atoms with Crippen molar-refractivity contribution in [3.8, 4) is 0 Å². The highest BCUT2D eigenvalue weighted by atomic mass is 32.1. The Labute approximate surface area is 118 Å². The third-order valence-electron chi connectivity index (χ3n) is 3.99. The van der Waals surface area contributed by atoms with Crippen LogP contribution in [0.2, 0.25) is 0 Å². The third-order valence-corrected chi connectivity index (χ3v) is 5.05. The Kier molecular flexibility index (Phi) is 4.58. The zero-order chi connectivity index (χ0) is 13.9. The van der Waals surface area contributed by atoms with Gasteiger partial charge in [-0.15, -0.1) is 11.3 Å². The number of aromatic nitrogens is 1. The first-order valence-electron chi connectivity index (χ1n) is 7.01. The first kappa shape index (κ1) is 14.5. The molecule has 0 saturated heterocycles. The first-order valence-corrected chi connectivity index (χ1v) is 7.89. The van der Waals surface area contributed by atoms with E-state index in [9.17, 15) is 4.79 Å². The van der Waals surface area contributed by atoms with E-state index in [1.54, 1.807) is 12.3 Å². The average Bonchev–Trinajstić information content (AvgIpc) is 2.90. The fourth-order valence-electron chi connectivity index (χ4n) is 2.62. The molecule has 0 amide bonds. The van der Waals surface area contributed by atoms with Crippen LogP contribution in [0.4, 0.5) is 0 Å². The summed E-state index contributed by atoms with van der Waals surface area (Å²) in [5.41, 5.74) is 6.53. The molecule has 0 atom stereocenters. The average molecular weight is 282 g/mol. The summed E-state index contributed by atoms with van der Waals surface area (Å²) in [7, 11) is 0. The second-order valence-corrected chi connectivity index (χ2v) is 6.12. The fourth-order valence-corrected chi connectivity index (χ4v) is 3.58. The predicted octanol–water partition coefficient (Wildman–Crippen LogP) is 3.07. The van der Waals surface area contributed by atoms with Gasteiger partial charge in [0, 0.05) is 5.38 Å². The molecule has 1 saturated carbocycles. The highest BCUT2D eigenvalue weighted by molar-refractivity contribution is 7.10. The summed E-state index contributed by atoms with van der Waals surface area (Å²) in [4.78, 5) is 16.0. The van der Waals surface area contributed by atoms with E-state index < -0.39 is 0 Å². The second-order valence-electron chi connectivity index (χ2n) is 5.27. The van der Waals surface area contributed by atoms with E-state index in [2.05, 4.69) is 11.9 Å².